The van der Waals surface area contributed by atoms with Crippen LogP contribution >= 0.6 is 0 Å². The predicted molar refractivity (Wildman–Crippen MR) is 68.3 cm³/mol. The Morgan fingerprint density at radius 2 is 1.89 bits per heavy atom. The second-order valence-electron chi connectivity index (χ2n) is 4.33. The van der Waals surface area contributed by atoms with E-state index in [-0.39, 0.29) is 5.91 Å². The standard InChI is InChI=1S/C14H13N3O/c18-14(11-6-9-15-10-7-11)17(12-4-5-12)13-3-1-2-8-16-13/h1-3,6-10,12H,4-5H2. The van der Waals surface area contributed by atoms with Crippen LogP contribution in [0.1, 0.15) is 23.2 Å². The van der Waals surface area contributed by atoms with Gasteiger partial charge in [0, 0.05) is 30.2 Å². The fourth-order valence-electron chi connectivity index (χ4n) is 1.92. The first-order chi connectivity index (χ1) is 8.86. The van der Waals surface area contributed by atoms with Crippen LogP contribution < -0.4 is 4.90 Å². The van der Waals surface area contributed by atoms with Crippen molar-refractivity contribution in [2.75, 3.05) is 4.90 Å². The molecular formula is C14H13N3O. The average Bonchev–Trinajstić information content (AvgIpc) is 3.26. The molecule has 90 valence electrons. The Labute approximate surface area is 105 Å². The van der Waals surface area contributed by atoms with E-state index in [1.54, 1.807) is 35.6 Å². The van der Waals surface area contributed by atoms with Gasteiger partial charge in [-0.25, -0.2) is 4.98 Å². The maximum atomic E-state index is 12.5. The molecule has 4 heteroatoms. The lowest BCUT2D eigenvalue weighted by Crippen LogP contribution is -2.33. The molecule has 0 bridgehead atoms. The lowest BCUT2D eigenvalue weighted by atomic mass is 10.2. The Morgan fingerprint density at radius 1 is 1.11 bits per heavy atom. The van der Waals surface area contributed by atoms with Gasteiger partial charge in [-0.2, -0.15) is 0 Å². The van der Waals surface area contributed by atoms with Crippen LogP contribution in [-0.2, 0) is 0 Å². The monoisotopic (exact) mass is 239 g/mol. The second kappa shape index (κ2) is 4.56. The van der Waals surface area contributed by atoms with Gasteiger partial charge in [0.2, 0.25) is 0 Å². The molecule has 0 spiro atoms. The smallest absolute Gasteiger partial charge is 0.259 e. The third-order valence-electron chi connectivity index (χ3n) is 2.95. The molecule has 1 amide bonds. The maximum Gasteiger partial charge on any atom is 0.259 e. The van der Waals surface area contributed by atoms with E-state index in [1.165, 1.54) is 0 Å². The third-order valence-corrected chi connectivity index (χ3v) is 2.95. The Hall–Kier alpha value is -2.23. The number of pyridine rings is 2. The van der Waals surface area contributed by atoms with Gasteiger partial charge in [0.1, 0.15) is 5.82 Å². The lowest BCUT2D eigenvalue weighted by molar-refractivity contribution is 0.0984. The van der Waals surface area contributed by atoms with Crippen LogP contribution in [0.4, 0.5) is 5.82 Å². The molecule has 0 aliphatic heterocycles. The Balaban J connectivity index is 1.94. The van der Waals surface area contributed by atoms with Crippen molar-refractivity contribution in [2.45, 2.75) is 18.9 Å². The van der Waals surface area contributed by atoms with Gasteiger partial charge in [-0.05, 0) is 37.1 Å². The SMILES string of the molecule is O=C(c1ccncc1)N(c1ccccn1)C1CC1. The molecule has 4 nitrogen and oxygen atoms in total. The number of hydrogen-bond donors (Lipinski definition) is 0. The summed E-state index contributed by atoms with van der Waals surface area (Å²) in [5.41, 5.74) is 0.655. The van der Waals surface area contributed by atoms with E-state index in [0.29, 0.717) is 11.6 Å². The largest absolute Gasteiger partial charge is 0.290 e. The molecule has 2 aromatic heterocycles. The molecule has 0 N–H and O–H groups in total. The van der Waals surface area contributed by atoms with E-state index in [4.69, 9.17) is 0 Å². The molecule has 2 aromatic rings. The van der Waals surface area contributed by atoms with E-state index >= 15 is 0 Å². The van der Waals surface area contributed by atoms with Gasteiger partial charge in [-0.1, -0.05) is 6.07 Å². The van der Waals surface area contributed by atoms with Gasteiger partial charge in [0.25, 0.3) is 5.91 Å². The number of carbonyl (C=O) groups is 1. The predicted octanol–water partition coefficient (Wildman–Crippen LogP) is 2.29. The number of rotatable bonds is 3. The highest BCUT2D eigenvalue weighted by molar-refractivity contribution is 6.06. The van der Waals surface area contributed by atoms with E-state index in [0.717, 1.165) is 18.7 Å². The van der Waals surface area contributed by atoms with Crippen molar-refractivity contribution in [1.29, 1.82) is 0 Å². The highest BCUT2D eigenvalue weighted by Crippen LogP contribution is 2.31. The lowest BCUT2D eigenvalue weighted by Gasteiger charge is -2.21. The molecule has 3 rings (SSSR count). The van der Waals surface area contributed by atoms with E-state index in [2.05, 4.69) is 9.97 Å². The number of aromatic nitrogens is 2. The molecule has 0 atom stereocenters. The Kier molecular flexibility index (Phi) is 2.76. The first kappa shape index (κ1) is 10.9. The summed E-state index contributed by atoms with van der Waals surface area (Å²) in [6, 6.07) is 9.39. The normalized spacial score (nSPS) is 14.2. The summed E-state index contributed by atoms with van der Waals surface area (Å²) in [7, 11) is 0. The summed E-state index contributed by atoms with van der Waals surface area (Å²) < 4.78 is 0. The van der Waals surface area contributed by atoms with E-state index in [1.807, 2.05) is 18.2 Å². The maximum absolute atomic E-state index is 12.5. The van der Waals surface area contributed by atoms with Crippen molar-refractivity contribution in [3.63, 3.8) is 0 Å². The molecule has 1 fully saturated rings. The average molecular weight is 239 g/mol. The molecule has 1 aliphatic carbocycles. The van der Waals surface area contributed by atoms with Crippen molar-refractivity contribution >= 4 is 11.7 Å². The summed E-state index contributed by atoms with van der Waals surface area (Å²) in [6.45, 7) is 0. The van der Waals surface area contributed by atoms with Crippen molar-refractivity contribution < 1.29 is 4.79 Å². The van der Waals surface area contributed by atoms with E-state index < -0.39 is 0 Å². The van der Waals surface area contributed by atoms with Crippen molar-refractivity contribution in [2.24, 2.45) is 0 Å². The van der Waals surface area contributed by atoms with Crippen molar-refractivity contribution in [3.8, 4) is 0 Å². The molecular weight excluding hydrogens is 226 g/mol. The first-order valence-corrected chi connectivity index (χ1v) is 6.01. The molecule has 0 aromatic carbocycles. The van der Waals surface area contributed by atoms with Crippen LogP contribution in [0.3, 0.4) is 0 Å². The Morgan fingerprint density at radius 3 is 2.50 bits per heavy atom. The zero-order valence-electron chi connectivity index (χ0n) is 9.86. The van der Waals surface area contributed by atoms with Crippen molar-refractivity contribution in [3.05, 3.63) is 54.5 Å². The van der Waals surface area contributed by atoms with E-state index in [9.17, 15) is 4.79 Å². The quantitative estimate of drug-likeness (QED) is 0.825. The minimum atomic E-state index is -0.00130. The number of nitrogens with zero attached hydrogens (tertiary/aromatic N) is 3. The highest BCUT2D eigenvalue weighted by atomic mass is 16.2. The first-order valence-electron chi connectivity index (χ1n) is 6.01. The van der Waals surface area contributed by atoms with Gasteiger partial charge >= 0.3 is 0 Å². The van der Waals surface area contributed by atoms with Gasteiger partial charge < -0.3 is 0 Å². The second-order valence-corrected chi connectivity index (χ2v) is 4.33. The minimum absolute atomic E-state index is 0.00130. The zero-order chi connectivity index (χ0) is 12.4. The van der Waals surface area contributed by atoms with Crippen molar-refractivity contribution in [1.82, 2.24) is 9.97 Å². The summed E-state index contributed by atoms with van der Waals surface area (Å²) in [5, 5.41) is 0. The molecule has 2 heterocycles. The summed E-state index contributed by atoms with van der Waals surface area (Å²) in [6.07, 6.45) is 7.08. The van der Waals surface area contributed by atoms with Gasteiger partial charge in [0.15, 0.2) is 0 Å². The zero-order valence-corrected chi connectivity index (χ0v) is 9.86. The fourth-order valence-corrected chi connectivity index (χ4v) is 1.92. The molecule has 1 aliphatic rings. The van der Waals surface area contributed by atoms with Gasteiger partial charge in [-0.3, -0.25) is 14.7 Å². The van der Waals surface area contributed by atoms with Crippen LogP contribution in [0, 0.1) is 0 Å². The van der Waals surface area contributed by atoms with Crippen LogP contribution in [-0.4, -0.2) is 21.9 Å². The van der Waals surface area contributed by atoms with Crippen LogP contribution in [0.2, 0.25) is 0 Å². The summed E-state index contributed by atoms with van der Waals surface area (Å²) in [4.78, 5) is 22.5. The van der Waals surface area contributed by atoms with Crippen LogP contribution in [0.25, 0.3) is 0 Å². The highest BCUT2D eigenvalue weighted by Gasteiger charge is 2.34. The molecule has 1 saturated carbocycles. The van der Waals surface area contributed by atoms with Gasteiger partial charge in [0.05, 0.1) is 0 Å². The van der Waals surface area contributed by atoms with Crippen LogP contribution in [0.15, 0.2) is 48.9 Å². The Bertz CT molecular complexity index is 537. The number of hydrogen-bond acceptors (Lipinski definition) is 3. The summed E-state index contributed by atoms with van der Waals surface area (Å²) in [5.74, 6) is 0.723. The molecule has 0 unspecified atom stereocenters. The molecule has 18 heavy (non-hydrogen) atoms. The minimum Gasteiger partial charge on any atom is -0.290 e. The number of anilines is 1. The third kappa shape index (κ3) is 2.09. The van der Waals surface area contributed by atoms with Gasteiger partial charge in [-0.15, -0.1) is 0 Å². The molecule has 0 saturated heterocycles. The topological polar surface area (TPSA) is 46.1 Å². The number of amides is 1. The van der Waals surface area contributed by atoms with Crippen LogP contribution in [0.5, 0.6) is 0 Å². The molecule has 0 radical (unpaired) electrons. The number of carbonyl (C=O) groups excluding carboxylic acids is 1. The fraction of sp³-hybridized carbons (Fsp3) is 0.214. The summed E-state index contributed by atoms with van der Waals surface area (Å²) >= 11 is 0.